The minimum atomic E-state index is -2.53. The van der Waals surface area contributed by atoms with Gasteiger partial charge in [-0.15, -0.1) is 5.53 Å². The molecule has 0 radical (unpaired) electrons. The maximum atomic E-state index is 14.1. The third kappa shape index (κ3) is 5.72. The van der Waals surface area contributed by atoms with Crippen molar-refractivity contribution in [2.24, 2.45) is 5.41 Å². The Morgan fingerprint density at radius 1 is 1.24 bits per heavy atom. The molecule has 1 saturated carbocycles. The summed E-state index contributed by atoms with van der Waals surface area (Å²) >= 11 is 6.71. The molecule has 1 aliphatic carbocycles. The van der Waals surface area contributed by atoms with E-state index in [2.05, 4.69) is 58.4 Å². The Labute approximate surface area is 241 Å². The molecule has 41 heavy (non-hydrogen) atoms. The zero-order chi connectivity index (χ0) is 29.5. The van der Waals surface area contributed by atoms with Crippen LogP contribution >= 0.6 is 11.6 Å². The van der Waals surface area contributed by atoms with Crippen molar-refractivity contribution < 1.29 is 13.2 Å². The second-order valence-electron chi connectivity index (χ2n) is 11.6. The predicted molar refractivity (Wildman–Crippen MR) is 154 cm³/mol. The molecule has 5 rings (SSSR count). The molecule has 2 aliphatic rings. The van der Waals surface area contributed by atoms with Gasteiger partial charge in [0.15, 0.2) is 0 Å². The number of benzene rings is 1. The second-order valence-corrected chi connectivity index (χ2v) is 12.0. The molecule has 1 fully saturated rings. The minimum Gasteiger partial charge on any atom is -0.383 e. The van der Waals surface area contributed by atoms with Crippen molar-refractivity contribution in [1.82, 2.24) is 25.9 Å². The van der Waals surface area contributed by atoms with Crippen molar-refractivity contribution in [1.29, 1.82) is 5.26 Å². The molecule has 3 aromatic rings. The van der Waals surface area contributed by atoms with Crippen molar-refractivity contribution in [2.45, 2.75) is 65.0 Å². The highest BCUT2D eigenvalue weighted by atomic mass is 35.5. The van der Waals surface area contributed by atoms with E-state index in [1.807, 2.05) is 13.0 Å². The normalized spacial score (nSPS) is 16.8. The van der Waals surface area contributed by atoms with Crippen LogP contribution in [0, 0.1) is 22.7 Å². The van der Waals surface area contributed by atoms with E-state index in [1.54, 1.807) is 18.3 Å². The minimum absolute atomic E-state index is 0.0597. The number of fused-ring (bicyclic) bond motifs is 1. The van der Waals surface area contributed by atoms with Crippen LogP contribution in [0.15, 0.2) is 42.4 Å². The predicted octanol–water partition coefficient (Wildman–Crippen LogP) is 6.43. The van der Waals surface area contributed by atoms with Gasteiger partial charge in [0.05, 0.1) is 33.5 Å². The molecule has 216 valence electrons. The van der Waals surface area contributed by atoms with Crippen LogP contribution in [0.1, 0.15) is 63.4 Å². The van der Waals surface area contributed by atoms with E-state index < -0.39 is 24.0 Å². The van der Waals surface area contributed by atoms with Gasteiger partial charge in [0.25, 0.3) is 6.43 Å². The van der Waals surface area contributed by atoms with E-state index in [1.165, 1.54) is 17.3 Å². The topological polar surface area (TPSA) is 101 Å². The number of halogens is 4. The summed E-state index contributed by atoms with van der Waals surface area (Å²) in [4.78, 5) is 8.51. The summed E-state index contributed by atoms with van der Waals surface area (Å²) in [5.74, 6) is -0.606. The Morgan fingerprint density at radius 3 is 2.63 bits per heavy atom. The number of nitrogens with one attached hydrogen (secondary N) is 4. The van der Waals surface area contributed by atoms with Gasteiger partial charge in [-0.1, -0.05) is 45.4 Å². The van der Waals surface area contributed by atoms with Crippen molar-refractivity contribution >= 4 is 33.9 Å². The second kappa shape index (κ2) is 10.9. The quantitative estimate of drug-likeness (QED) is 0.213. The lowest BCUT2D eigenvalue weighted by Crippen LogP contribution is -2.48. The van der Waals surface area contributed by atoms with E-state index in [0.717, 1.165) is 0 Å². The highest BCUT2D eigenvalue weighted by Gasteiger charge is 2.56. The number of hydrogen-bond donors (Lipinski definition) is 4. The first-order valence-corrected chi connectivity index (χ1v) is 13.8. The van der Waals surface area contributed by atoms with Crippen LogP contribution in [0.2, 0.25) is 5.02 Å². The van der Waals surface area contributed by atoms with Gasteiger partial charge in [-0.3, -0.25) is 9.99 Å². The third-order valence-electron chi connectivity index (χ3n) is 7.32. The lowest BCUT2D eigenvalue weighted by Gasteiger charge is -2.25. The highest BCUT2D eigenvalue weighted by Crippen LogP contribution is 2.47. The Balaban J connectivity index is 1.59. The Kier molecular flexibility index (Phi) is 7.66. The number of rotatable bonds is 9. The SMILES string of the molecule is CCc1nc(F)ccc1[C@H](Nc1cc(Cl)c2ncc(C#N)c(NCC(C)(C)C)c2c1)C1=CN(C2(C(F)F)CC2)NN1. The van der Waals surface area contributed by atoms with Crippen LogP contribution in [0.4, 0.5) is 24.5 Å². The van der Waals surface area contributed by atoms with E-state index in [9.17, 15) is 18.4 Å². The molecular formula is C29H32ClF3N8. The van der Waals surface area contributed by atoms with Crippen molar-refractivity contribution in [3.8, 4) is 6.07 Å². The summed E-state index contributed by atoms with van der Waals surface area (Å²) in [7, 11) is 0. The zero-order valence-corrected chi connectivity index (χ0v) is 24.0. The van der Waals surface area contributed by atoms with Crippen LogP contribution < -0.4 is 21.6 Å². The molecule has 12 heteroatoms. The summed E-state index contributed by atoms with van der Waals surface area (Å²) in [6.07, 6.45) is 1.75. The molecule has 1 aliphatic heterocycles. The van der Waals surface area contributed by atoms with E-state index in [-0.39, 0.29) is 5.41 Å². The van der Waals surface area contributed by atoms with E-state index >= 15 is 0 Å². The number of alkyl halides is 2. The molecule has 0 spiro atoms. The first kappa shape index (κ1) is 28.8. The average Bonchev–Trinajstić information content (AvgIpc) is 3.60. The van der Waals surface area contributed by atoms with Crippen LogP contribution in [0.3, 0.4) is 0 Å². The molecule has 2 aromatic heterocycles. The number of anilines is 2. The largest absolute Gasteiger partial charge is 0.383 e. The van der Waals surface area contributed by atoms with Gasteiger partial charge in [0.2, 0.25) is 5.95 Å². The van der Waals surface area contributed by atoms with Crippen molar-refractivity contribution in [3.63, 3.8) is 0 Å². The Bertz CT molecular complexity index is 1540. The Hall–Kier alpha value is -3.75. The van der Waals surface area contributed by atoms with Crippen molar-refractivity contribution in [2.75, 3.05) is 17.2 Å². The molecule has 8 nitrogen and oxygen atoms in total. The molecule has 0 saturated heterocycles. The smallest absolute Gasteiger partial charge is 0.262 e. The van der Waals surface area contributed by atoms with Crippen LogP contribution in [-0.2, 0) is 6.42 Å². The monoisotopic (exact) mass is 584 g/mol. The van der Waals surface area contributed by atoms with E-state index in [4.69, 9.17) is 11.6 Å². The molecule has 0 amide bonds. The lowest BCUT2D eigenvalue weighted by atomic mass is 9.96. The summed E-state index contributed by atoms with van der Waals surface area (Å²) in [6, 6.07) is 8.05. The highest BCUT2D eigenvalue weighted by molar-refractivity contribution is 6.35. The first-order valence-electron chi connectivity index (χ1n) is 13.4. The average molecular weight is 585 g/mol. The molecule has 0 unspecified atom stereocenters. The lowest BCUT2D eigenvalue weighted by molar-refractivity contribution is 0.00911. The fourth-order valence-corrected chi connectivity index (χ4v) is 5.17. The van der Waals surface area contributed by atoms with Gasteiger partial charge < -0.3 is 16.1 Å². The van der Waals surface area contributed by atoms with Crippen molar-refractivity contribution in [3.05, 3.63) is 70.2 Å². The number of nitrogens with zero attached hydrogens (tertiary/aromatic N) is 4. The number of pyridine rings is 2. The summed E-state index contributed by atoms with van der Waals surface area (Å²) in [5.41, 5.74) is 8.42. The fraction of sp³-hybridized carbons (Fsp3) is 0.414. The van der Waals surface area contributed by atoms with E-state index in [0.29, 0.717) is 75.6 Å². The number of hydrogen-bond acceptors (Lipinski definition) is 8. The molecule has 1 atom stereocenters. The van der Waals surface area contributed by atoms with Gasteiger partial charge in [-0.05, 0) is 42.9 Å². The first-order chi connectivity index (χ1) is 19.5. The molecule has 0 bridgehead atoms. The maximum absolute atomic E-state index is 14.1. The molecule has 1 aromatic carbocycles. The summed E-state index contributed by atoms with van der Waals surface area (Å²) in [6.45, 7) is 8.73. The molecular weight excluding hydrogens is 553 g/mol. The fourth-order valence-electron chi connectivity index (χ4n) is 4.90. The summed E-state index contributed by atoms with van der Waals surface area (Å²) in [5, 5.41) is 19.1. The number of aromatic nitrogens is 2. The van der Waals surface area contributed by atoms with Crippen LogP contribution in [0.25, 0.3) is 10.9 Å². The number of nitriles is 1. The molecule has 3 heterocycles. The molecule has 4 N–H and O–H groups in total. The maximum Gasteiger partial charge on any atom is 0.262 e. The van der Waals surface area contributed by atoms with Gasteiger partial charge in [0, 0.05) is 41.3 Å². The third-order valence-corrected chi connectivity index (χ3v) is 7.61. The summed E-state index contributed by atoms with van der Waals surface area (Å²) < 4.78 is 41.8. The van der Waals surface area contributed by atoms with Gasteiger partial charge >= 0.3 is 0 Å². The number of hydrazine groups is 2. The van der Waals surface area contributed by atoms with Gasteiger partial charge in [-0.2, -0.15) is 9.65 Å². The van der Waals surface area contributed by atoms with Crippen LogP contribution in [-0.4, -0.2) is 33.5 Å². The van der Waals surface area contributed by atoms with Gasteiger partial charge in [-0.25, -0.2) is 13.8 Å². The van der Waals surface area contributed by atoms with Crippen LogP contribution in [0.5, 0.6) is 0 Å². The standard InChI is InChI=1S/C29H32ClF3N8/c1-5-21-18(6-7-23(31)38-21)26(22-14-41(40-39-22)29(8-9-29)27(32)33)37-17-10-19-24(36-15-28(2,3)4)16(12-34)13-35-25(19)20(30)11-17/h6-7,10-11,13-14,26-27,37,39-40H,5,8-9,15H2,1-4H3,(H,35,36)/t26-/m0/s1. The zero-order valence-electron chi connectivity index (χ0n) is 23.2. The Morgan fingerprint density at radius 2 is 2.00 bits per heavy atom. The van der Waals surface area contributed by atoms with Gasteiger partial charge in [0.1, 0.15) is 11.6 Å². The number of aryl methyl sites for hydroxylation is 1.